The minimum Gasteiger partial charge on any atom is -0.344 e. The highest BCUT2D eigenvalue weighted by atomic mass is 32.2. The lowest BCUT2D eigenvalue weighted by Gasteiger charge is -2.27. The molecule has 2 N–H and O–H groups in total. The second-order valence-corrected chi connectivity index (χ2v) is 15.7. The van der Waals surface area contributed by atoms with E-state index in [-0.39, 0.29) is 41.0 Å². The van der Waals surface area contributed by atoms with Crippen molar-refractivity contribution in [2.45, 2.75) is 102 Å². The fraction of sp³-hybridized carbons (Fsp3) is 0.447. The molecule has 2 aromatic carbocycles. The van der Waals surface area contributed by atoms with Crippen LogP contribution in [0, 0.1) is 6.92 Å². The van der Waals surface area contributed by atoms with E-state index < -0.39 is 27.9 Å². The number of hydrogen-bond donors (Lipinski definition) is 2. The van der Waals surface area contributed by atoms with Crippen LogP contribution in [-0.4, -0.2) is 54.9 Å². The van der Waals surface area contributed by atoms with E-state index >= 15 is 0 Å². The number of carbonyl (C=O) groups excluding carboxylic acids is 3. The maximum absolute atomic E-state index is 12.2. The molecule has 1 saturated heterocycles. The average molecular weight is 691 g/mol. The van der Waals surface area contributed by atoms with Gasteiger partial charge in [0.05, 0.1) is 16.9 Å². The van der Waals surface area contributed by atoms with Crippen molar-refractivity contribution in [1.82, 2.24) is 5.06 Å². The van der Waals surface area contributed by atoms with Gasteiger partial charge < -0.3 is 9.74 Å². The number of unbranched alkanes of at least 4 members (excludes halogenated alkanes) is 2. The fourth-order valence-electron chi connectivity index (χ4n) is 7.47. The molecular weight excluding hydrogens is 642 g/mol. The molecule has 0 bridgehead atoms. The number of carbonyl (C=O) groups is 3. The van der Waals surface area contributed by atoms with E-state index in [1.165, 1.54) is 33.5 Å². The second kappa shape index (κ2) is 14.0. The number of amides is 2. The van der Waals surface area contributed by atoms with Crippen molar-refractivity contribution in [3.05, 3.63) is 89.2 Å². The first-order valence-corrected chi connectivity index (χ1v) is 18.5. The first kappa shape index (κ1) is 36.2. The highest BCUT2D eigenvalue weighted by Gasteiger charge is 2.47. The molecule has 262 valence electrons. The highest BCUT2D eigenvalue weighted by molar-refractivity contribution is 7.85. The zero-order valence-corrected chi connectivity index (χ0v) is 30.1. The number of benzene rings is 2. The van der Waals surface area contributed by atoms with Crippen LogP contribution < -0.4 is 9.80 Å². The summed E-state index contributed by atoms with van der Waals surface area (Å²) in [5.74, 6) is -1.51. The number of fused-ring (bicyclic) bond motifs is 2. The zero-order chi connectivity index (χ0) is 35.7. The second-order valence-electron chi connectivity index (χ2n) is 14.2. The number of likely N-dealkylation sites (N-methyl/N-ethyl adjacent to an activating group) is 1. The Balaban J connectivity index is 1.27. The van der Waals surface area contributed by atoms with E-state index in [1.807, 2.05) is 12.1 Å². The van der Waals surface area contributed by atoms with Gasteiger partial charge in [-0.25, -0.2) is 4.79 Å². The van der Waals surface area contributed by atoms with Crippen molar-refractivity contribution in [1.29, 1.82) is 0 Å². The summed E-state index contributed by atoms with van der Waals surface area (Å²) in [6.07, 6.45) is 13.0. The summed E-state index contributed by atoms with van der Waals surface area (Å²) < 4.78 is 33.3. The van der Waals surface area contributed by atoms with Crippen molar-refractivity contribution in [2.24, 2.45) is 0 Å². The first-order valence-electron chi connectivity index (χ1n) is 17.1. The van der Waals surface area contributed by atoms with Crippen LogP contribution in [0.1, 0.15) is 89.8 Å². The first-order chi connectivity index (χ1) is 23.1. The number of imide groups is 1. The number of allylic oxidation sites excluding steroid dienone is 5. The Morgan fingerprint density at radius 1 is 0.980 bits per heavy atom. The van der Waals surface area contributed by atoms with E-state index in [4.69, 9.17) is 4.84 Å². The SMILES string of the molecule is CC[NH+]1c2ccc(S(=O)(=O)O)cc2C(C)(C)C1/C=C/C=C/C=C1/N(CCCCCC(=O)ON2C(=O)CCC2=O)c2ccc(C)cc2C1(C)C. The lowest BCUT2D eigenvalue weighted by atomic mass is 9.80. The van der Waals surface area contributed by atoms with E-state index in [9.17, 15) is 27.4 Å². The molecule has 11 heteroatoms. The Morgan fingerprint density at radius 2 is 1.69 bits per heavy atom. The van der Waals surface area contributed by atoms with E-state index in [0.717, 1.165) is 37.2 Å². The van der Waals surface area contributed by atoms with Crippen molar-refractivity contribution in [3.63, 3.8) is 0 Å². The lowest BCUT2D eigenvalue weighted by Crippen LogP contribution is -3.10. The number of hydrogen-bond acceptors (Lipinski definition) is 7. The third-order valence-electron chi connectivity index (χ3n) is 10.2. The number of aryl methyl sites for hydroxylation is 1. The van der Waals surface area contributed by atoms with Gasteiger partial charge in [-0.3, -0.25) is 19.0 Å². The molecule has 0 saturated carbocycles. The van der Waals surface area contributed by atoms with Gasteiger partial charge in [0.15, 0.2) is 0 Å². The Labute approximate surface area is 289 Å². The maximum atomic E-state index is 12.2. The summed E-state index contributed by atoms with van der Waals surface area (Å²) in [4.78, 5) is 44.2. The molecule has 0 radical (unpaired) electrons. The number of quaternary nitrogens is 1. The molecule has 3 heterocycles. The van der Waals surface area contributed by atoms with Gasteiger partial charge in [-0.1, -0.05) is 56.2 Å². The van der Waals surface area contributed by atoms with Gasteiger partial charge in [0.25, 0.3) is 21.9 Å². The molecule has 2 atom stereocenters. The maximum Gasteiger partial charge on any atom is 0.333 e. The largest absolute Gasteiger partial charge is 0.344 e. The van der Waals surface area contributed by atoms with E-state index in [0.29, 0.717) is 11.5 Å². The number of anilines is 1. The van der Waals surface area contributed by atoms with Gasteiger partial charge >= 0.3 is 5.97 Å². The predicted molar refractivity (Wildman–Crippen MR) is 188 cm³/mol. The number of hydroxylamine groups is 2. The molecule has 2 unspecified atom stereocenters. The molecule has 0 aliphatic carbocycles. The Hall–Kier alpha value is -4.06. The highest BCUT2D eigenvalue weighted by Crippen LogP contribution is 2.48. The van der Waals surface area contributed by atoms with Gasteiger partial charge in [-0.15, -0.1) is 5.06 Å². The van der Waals surface area contributed by atoms with Crippen molar-refractivity contribution >= 4 is 39.3 Å². The molecule has 3 aliphatic rings. The zero-order valence-electron chi connectivity index (χ0n) is 29.3. The van der Waals surface area contributed by atoms with Crippen LogP contribution >= 0.6 is 0 Å². The summed E-state index contributed by atoms with van der Waals surface area (Å²) in [5.41, 5.74) is 6.21. The smallest absolute Gasteiger partial charge is 0.333 e. The Kier molecular flexibility index (Phi) is 10.4. The van der Waals surface area contributed by atoms with Crippen molar-refractivity contribution in [3.8, 4) is 0 Å². The van der Waals surface area contributed by atoms with Gasteiger partial charge in [0.1, 0.15) is 11.7 Å². The topological polar surface area (TPSA) is 126 Å². The van der Waals surface area contributed by atoms with Crippen LogP contribution in [0.3, 0.4) is 0 Å². The van der Waals surface area contributed by atoms with Crippen LogP contribution in [-0.2, 0) is 40.2 Å². The molecular formula is C38H48N3O7S+. The normalized spacial score (nSPS) is 22.1. The molecule has 1 fully saturated rings. The van der Waals surface area contributed by atoms with Gasteiger partial charge in [0, 0.05) is 54.2 Å². The van der Waals surface area contributed by atoms with Gasteiger partial charge in [-0.2, -0.15) is 8.42 Å². The number of nitrogens with zero attached hydrogens (tertiary/aromatic N) is 2. The molecule has 5 rings (SSSR count). The molecule has 3 aliphatic heterocycles. The van der Waals surface area contributed by atoms with Gasteiger partial charge in [0.2, 0.25) is 0 Å². The third kappa shape index (κ3) is 7.29. The van der Waals surface area contributed by atoms with Crippen molar-refractivity contribution in [2.75, 3.05) is 18.0 Å². The average Bonchev–Trinajstić information content (AvgIpc) is 3.54. The molecule has 0 spiro atoms. The van der Waals surface area contributed by atoms with Crippen LogP contribution in [0.25, 0.3) is 0 Å². The monoisotopic (exact) mass is 690 g/mol. The molecule has 0 aromatic heterocycles. The van der Waals surface area contributed by atoms with Crippen LogP contribution in [0.5, 0.6) is 0 Å². The minimum absolute atomic E-state index is 0.0710. The quantitative estimate of drug-likeness (QED) is 0.131. The number of rotatable bonds is 12. The summed E-state index contributed by atoms with van der Waals surface area (Å²) >= 11 is 0. The summed E-state index contributed by atoms with van der Waals surface area (Å²) in [6.45, 7) is 14.5. The van der Waals surface area contributed by atoms with Crippen molar-refractivity contribution < 1.29 is 37.1 Å². The van der Waals surface area contributed by atoms with E-state index in [2.05, 4.69) is 88.9 Å². The summed E-state index contributed by atoms with van der Waals surface area (Å²) in [5, 5.41) is 0.601. The van der Waals surface area contributed by atoms with Crippen LogP contribution in [0.4, 0.5) is 11.4 Å². The molecule has 2 amide bonds. The number of nitrogens with one attached hydrogen (secondary N) is 1. The fourth-order valence-corrected chi connectivity index (χ4v) is 7.98. The summed E-state index contributed by atoms with van der Waals surface area (Å²) in [6, 6.07) is 11.5. The summed E-state index contributed by atoms with van der Waals surface area (Å²) in [7, 11) is -4.29. The predicted octanol–water partition coefficient (Wildman–Crippen LogP) is 5.40. The third-order valence-corrected chi connectivity index (χ3v) is 11.0. The van der Waals surface area contributed by atoms with E-state index in [1.54, 1.807) is 6.07 Å². The minimum atomic E-state index is -4.29. The van der Waals surface area contributed by atoms with Crippen LogP contribution in [0.15, 0.2) is 77.4 Å². The standard InChI is InChI=1S/C38H47N3O7S/c1-7-39-30-20-18-27(49(45,46)47)25-29(30)38(5,6)32(39)14-10-8-11-15-33-37(3,4)28-24-26(2)17-19-31(28)40(33)23-13-9-12-16-36(44)48-41-34(42)21-22-35(41)43/h8,10-11,14-15,17-20,24-25,32H,7,9,12-13,16,21-23H2,1-6H3,(H,45,46,47)/p+1/b11-8+,14-10+,33-15+. The lowest BCUT2D eigenvalue weighted by molar-refractivity contribution is -0.848. The molecule has 10 nitrogen and oxygen atoms in total. The Bertz CT molecular complexity index is 1820. The molecule has 49 heavy (non-hydrogen) atoms. The van der Waals surface area contributed by atoms with Gasteiger partial charge in [-0.05, 0) is 76.5 Å². The Morgan fingerprint density at radius 3 is 2.37 bits per heavy atom. The van der Waals surface area contributed by atoms with Crippen LogP contribution in [0.2, 0.25) is 0 Å². The molecule has 2 aromatic rings.